The van der Waals surface area contributed by atoms with Crippen LogP contribution in [0.4, 0.5) is 0 Å². The minimum absolute atomic E-state index is 0.0563. The molecule has 1 aliphatic rings. The Hall–Kier alpha value is -1.52. The molecular weight excluding hydrogens is 328 g/mol. The topological polar surface area (TPSA) is 66.8 Å². The van der Waals surface area contributed by atoms with Gasteiger partial charge in [-0.25, -0.2) is 0 Å². The highest BCUT2D eigenvalue weighted by molar-refractivity contribution is 6.32. The Morgan fingerprint density at radius 1 is 1.33 bits per heavy atom. The van der Waals surface area contributed by atoms with Gasteiger partial charge in [0.15, 0.2) is 6.29 Å². The largest absolute Gasteiger partial charge is 0.505 e. The fourth-order valence-electron chi connectivity index (χ4n) is 3.38. The summed E-state index contributed by atoms with van der Waals surface area (Å²) in [5.41, 5.74) is 1.39. The van der Waals surface area contributed by atoms with Crippen LogP contribution in [-0.4, -0.2) is 28.7 Å². The van der Waals surface area contributed by atoms with Crippen molar-refractivity contribution in [1.82, 2.24) is 0 Å². The van der Waals surface area contributed by atoms with Gasteiger partial charge in [-0.1, -0.05) is 24.9 Å². The minimum atomic E-state index is -0.816. The SMILES string of the molecule is CCCC(C)(O)C1=C(COc2ccc(Cl)c(O)c2C=O)CCCC1. The van der Waals surface area contributed by atoms with Crippen molar-refractivity contribution in [2.45, 2.75) is 58.0 Å². The highest BCUT2D eigenvalue weighted by atomic mass is 35.5. The summed E-state index contributed by atoms with van der Waals surface area (Å²) in [6.07, 6.45) is 6.05. The van der Waals surface area contributed by atoms with E-state index in [9.17, 15) is 15.0 Å². The smallest absolute Gasteiger partial charge is 0.157 e. The first-order valence-electron chi connectivity index (χ1n) is 8.44. The van der Waals surface area contributed by atoms with E-state index < -0.39 is 5.60 Å². The van der Waals surface area contributed by atoms with E-state index in [0.717, 1.165) is 43.3 Å². The zero-order valence-electron chi connectivity index (χ0n) is 14.3. The third kappa shape index (κ3) is 4.11. The minimum Gasteiger partial charge on any atom is -0.505 e. The molecule has 0 spiro atoms. The molecule has 0 saturated carbocycles. The number of halogens is 1. The van der Waals surface area contributed by atoms with E-state index in [-0.39, 0.29) is 16.3 Å². The average Bonchev–Trinajstić information content (AvgIpc) is 2.56. The molecule has 0 fully saturated rings. The number of carbonyl (C=O) groups is 1. The summed E-state index contributed by atoms with van der Waals surface area (Å²) in [5, 5.41) is 20.8. The number of phenols is 1. The maximum atomic E-state index is 11.2. The molecule has 0 amide bonds. The van der Waals surface area contributed by atoms with Gasteiger partial charge in [-0.2, -0.15) is 0 Å². The lowest BCUT2D eigenvalue weighted by Crippen LogP contribution is -2.30. The van der Waals surface area contributed by atoms with Crippen LogP contribution in [0.15, 0.2) is 23.3 Å². The molecule has 1 unspecified atom stereocenters. The van der Waals surface area contributed by atoms with Crippen LogP contribution in [0.2, 0.25) is 5.02 Å². The molecule has 4 nitrogen and oxygen atoms in total. The summed E-state index contributed by atoms with van der Waals surface area (Å²) in [6.45, 7) is 4.22. The van der Waals surface area contributed by atoms with Gasteiger partial charge in [0.1, 0.15) is 18.1 Å². The van der Waals surface area contributed by atoms with E-state index in [2.05, 4.69) is 6.92 Å². The van der Waals surface area contributed by atoms with Crippen molar-refractivity contribution >= 4 is 17.9 Å². The van der Waals surface area contributed by atoms with E-state index >= 15 is 0 Å². The van der Waals surface area contributed by atoms with E-state index in [4.69, 9.17) is 16.3 Å². The summed E-state index contributed by atoms with van der Waals surface area (Å²) < 4.78 is 5.79. The Bertz CT molecular complexity index is 634. The van der Waals surface area contributed by atoms with Crippen molar-refractivity contribution in [3.05, 3.63) is 33.9 Å². The predicted octanol–water partition coefficient (Wildman–Crippen LogP) is 4.66. The maximum Gasteiger partial charge on any atom is 0.157 e. The monoisotopic (exact) mass is 352 g/mol. The molecule has 132 valence electrons. The molecule has 1 aromatic carbocycles. The van der Waals surface area contributed by atoms with Crippen molar-refractivity contribution in [1.29, 1.82) is 0 Å². The second-order valence-corrected chi connectivity index (χ2v) is 6.93. The van der Waals surface area contributed by atoms with Crippen molar-refractivity contribution in [3.8, 4) is 11.5 Å². The van der Waals surface area contributed by atoms with Crippen molar-refractivity contribution < 1.29 is 19.7 Å². The molecule has 0 aromatic heterocycles. The van der Waals surface area contributed by atoms with Gasteiger partial charge in [0.05, 0.1) is 16.2 Å². The van der Waals surface area contributed by atoms with Gasteiger partial charge in [0.2, 0.25) is 0 Å². The number of rotatable bonds is 7. The fraction of sp³-hybridized carbons (Fsp3) is 0.526. The second kappa shape index (κ2) is 8.04. The van der Waals surface area contributed by atoms with Crippen LogP contribution in [0.25, 0.3) is 0 Å². The molecular formula is C19H25ClO4. The molecule has 0 aliphatic heterocycles. The molecule has 1 atom stereocenters. The van der Waals surface area contributed by atoms with Crippen LogP contribution in [-0.2, 0) is 0 Å². The third-order valence-electron chi connectivity index (χ3n) is 4.62. The number of hydrogen-bond acceptors (Lipinski definition) is 4. The quantitative estimate of drug-likeness (QED) is 0.553. The number of benzene rings is 1. The number of aliphatic hydroxyl groups is 1. The van der Waals surface area contributed by atoms with E-state index in [0.29, 0.717) is 25.1 Å². The first kappa shape index (κ1) is 18.8. The lowest BCUT2D eigenvalue weighted by molar-refractivity contribution is 0.0800. The summed E-state index contributed by atoms with van der Waals surface area (Å²) in [5.74, 6) is 0.0412. The summed E-state index contributed by atoms with van der Waals surface area (Å²) in [4.78, 5) is 11.2. The highest BCUT2D eigenvalue weighted by Gasteiger charge is 2.29. The Morgan fingerprint density at radius 2 is 2.04 bits per heavy atom. The summed E-state index contributed by atoms with van der Waals surface area (Å²) in [6, 6.07) is 3.08. The lowest BCUT2D eigenvalue weighted by Gasteiger charge is -2.32. The van der Waals surface area contributed by atoms with Gasteiger partial charge >= 0.3 is 0 Å². The number of aldehydes is 1. The van der Waals surface area contributed by atoms with E-state index in [1.54, 1.807) is 6.07 Å². The first-order valence-corrected chi connectivity index (χ1v) is 8.81. The van der Waals surface area contributed by atoms with Crippen LogP contribution >= 0.6 is 11.6 Å². The fourth-order valence-corrected chi connectivity index (χ4v) is 3.55. The number of ether oxygens (including phenoxy) is 1. The van der Waals surface area contributed by atoms with E-state index in [1.807, 2.05) is 6.92 Å². The van der Waals surface area contributed by atoms with Crippen LogP contribution < -0.4 is 4.74 Å². The Labute approximate surface area is 148 Å². The average molecular weight is 353 g/mol. The zero-order valence-corrected chi connectivity index (χ0v) is 15.0. The Balaban J connectivity index is 2.24. The molecule has 2 N–H and O–H groups in total. The third-order valence-corrected chi connectivity index (χ3v) is 4.92. The zero-order chi connectivity index (χ0) is 17.7. The normalized spacial score (nSPS) is 17.5. The van der Waals surface area contributed by atoms with Crippen molar-refractivity contribution in [3.63, 3.8) is 0 Å². The Kier molecular flexibility index (Phi) is 6.30. The lowest BCUT2D eigenvalue weighted by atomic mass is 9.80. The van der Waals surface area contributed by atoms with Crippen molar-refractivity contribution in [2.24, 2.45) is 0 Å². The number of aromatic hydroxyl groups is 1. The van der Waals surface area contributed by atoms with Gasteiger partial charge in [0.25, 0.3) is 0 Å². The van der Waals surface area contributed by atoms with Gasteiger partial charge in [0, 0.05) is 0 Å². The number of phenolic OH excluding ortho intramolecular Hbond substituents is 1. The van der Waals surface area contributed by atoms with Gasteiger partial charge < -0.3 is 14.9 Å². The molecule has 2 rings (SSSR count). The molecule has 1 aromatic rings. The number of carbonyl (C=O) groups excluding carboxylic acids is 1. The first-order chi connectivity index (χ1) is 11.4. The van der Waals surface area contributed by atoms with Crippen molar-refractivity contribution in [2.75, 3.05) is 6.61 Å². The molecule has 1 aliphatic carbocycles. The highest BCUT2D eigenvalue weighted by Crippen LogP contribution is 2.37. The van der Waals surface area contributed by atoms with Gasteiger partial charge in [-0.15, -0.1) is 0 Å². The standard InChI is InChI=1S/C19H25ClO4/c1-3-10-19(2,23)15-7-5-4-6-13(15)12-24-17-9-8-16(20)18(22)14(17)11-21/h8-9,11,22-23H,3-7,10,12H2,1-2H3. The molecule has 0 heterocycles. The molecule has 5 heteroatoms. The van der Waals surface area contributed by atoms with Gasteiger partial charge in [-0.05, 0) is 62.3 Å². The van der Waals surface area contributed by atoms with Gasteiger partial charge in [-0.3, -0.25) is 4.79 Å². The molecule has 24 heavy (non-hydrogen) atoms. The summed E-state index contributed by atoms with van der Waals surface area (Å²) in [7, 11) is 0. The molecule has 0 radical (unpaired) electrons. The van der Waals surface area contributed by atoms with Crippen LogP contribution in [0.5, 0.6) is 11.5 Å². The van der Waals surface area contributed by atoms with Crippen LogP contribution in [0.1, 0.15) is 62.7 Å². The predicted molar refractivity (Wildman–Crippen MR) is 95.0 cm³/mol. The summed E-state index contributed by atoms with van der Waals surface area (Å²) >= 11 is 5.82. The van der Waals surface area contributed by atoms with E-state index in [1.165, 1.54) is 6.07 Å². The molecule has 0 saturated heterocycles. The maximum absolute atomic E-state index is 11.2. The van der Waals surface area contributed by atoms with Crippen LogP contribution in [0, 0.1) is 0 Å². The Morgan fingerprint density at radius 3 is 2.71 bits per heavy atom. The molecule has 0 bridgehead atoms. The number of hydrogen-bond donors (Lipinski definition) is 2. The second-order valence-electron chi connectivity index (χ2n) is 6.53. The van der Waals surface area contributed by atoms with Crippen LogP contribution in [0.3, 0.4) is 0 Å².